The summed E-state index contributed by atoms with van der Waals surface area (Å²) in [5, 5.41) is 3.32. The first-order valence-electron chi connectivity index (χ1n) is 7.56. The predicted molar refractivity (Wildman–Crippen MR) is 90.1 cm³/mol. The van der Waals surface area contributed by atoms with Gasteiger partial charge in [0.15, 0.2) is 11.6 Å². The van der Waals surface area contributed by atoms with E-state index in [4.69, 9.17) is 0 Å². The quantitative estimate of drug-likeness (QED) is 0.884. The fourth-order valence-electron chi connectivity index (χ4n) is 3.05. The van der Waals surface area contributed by atoms with Crippen molar-refractivity contribution in [1.29, 1.82) is 0 Å². The van der Waals surface area contributed by atoms with Gasteiger partial charge in [0.2, 0.25) is 0 Å². The summed E-state index contributed by atoms with van der Waals surface area (Å²) in [7, 11) is 0. The van der Waals surface area contributed by atoms with Gasteiger partial charge in [-0.2, -0.15) is 0 Å². The molecular formula is C16H24Cl2F2N2. The Kier molecular flexibility index (Phi) is 7.53. The number of halogens is 4. The maximum absolute atomic E-state index is 14.3. The van der Waals surface area contributed by atoms with Crippen molar-refractivity contribution in [3.05, 3.63) is 34.9 Å². The van der Waals surface area contributed by atoms with Gasteiger partial charge in [0, 0.05) is 37.8 Å². The number of hydrogen-bond acceptors (Lipinski definition) is 2. The lowest BCUT2D eigenvalue weighted by Gasteiger charge is -2.35. The molecule has 0 radical (unpaired) electrons. The van der Waals surface area contributed by atoms with Crippen molar-refractivity contribution in [2.75, 3.05) is 26.2 Å². The highest BCUT2D eigenvalue weighted by Crippen LogP contribution is 2.41. The van der Waals surface area contributed by atoms with Crippen LogP contribution < -0.4 is 5.32 Å². The van der Waals surface area contributed by atoms with Crippen molar-refractivity contribution < 1.29 is 8.78 Å². The fourth-order valence-corrected chi connectivity index (χ4v) is 3.05. The lowest BCUT2D eigenvalue weighted by molar-refractivity contribution is 0.156. The van der Waals surface area contributed by atoms with Gasteiger partial charge in [0.05, 0.1) is 0 Å². The molecule has 2 aliphatic rings. The molecule has 0 spiro atoms. The number of hydrogen-bond donors (Lipinski definition) is 1. The van der Waals surface area contributed by atoms with Gasteiger partial charge in [-0.05, 0) is 24.8 Å². The Balaban J connectivity index is 0.00000121. The van der Waals surface area contributed by atoms with E-state index in [1.54, 1.807) is 19.1 Å². The summed E-state index contributed by atoms with van der Waals surface area (Å²) in [5.41, 5.74) is 0.929. The zero-order valence-corrected chi connectivity index (χ0v) is 14.4. The number of rotatable bonds is 4. The minimum Gasteiger partial charge on any atom is -0.314 e. The molecule has 3 rings (SSSR count). The molecule has 1 saturated carbocycles. The van der Waals surface area contributed by atoms with E-state index in [1.807, 2.05) is 0 Å². The van der Waals surface area contributed by atoms with Crippen LogP contribution in [-0.2, 0) is 0 Å². The van der Waals surface area contributed by atoms with E-state index in [-0.39, 0.29) is 30.9 Å². The van der Waals surface area contributed by atoms with Crippen LogP contribution in [0.4, 0.5) is 8.78 Å². The molecule has 1 aromatic rings. The molecule has 126 valence electrons. The van der Waals surface area contributed by atoms with E-state index in [2.05, 4.69) is 10.2 Å². The van der Waals surface area contributed by atoms with E-state index >= 15 is 0 Å². The first-order valence-corrected chi connectivity index (χ1v) is 7.56. The lowest BCUT2D eigenvalue weighted by atomic mass is 9.97. The standard InChI is InChI=1S/C16H22F2N2.2ClH/c1-11-2-5-13(16(18)15(11)17)14(10-12-3-4-12)20-8-6-19-7-9-20;;/h2,5,12,14,19H,3-4,6-10H2,1H3;2*1H/t14-;;/m1../s1. The van der Waals surface area contributed by atoms with Crippen LogP contribution in [0.2, 0.25) is 0 Å². The lowest BCUT2D eigenvalue weighted by Crippen LogP contribution is -2.45. The number of nitrogens with one attached hydrogen (secondary N) is 1. The molecule has 1 aromatic carbocycles. The molecule has 0 unspecified atom stereocenters. The van der Waals surface area contributed by atoms with Crippen LogP contribution in [0.3, 0.4) is 0 Å². The van der Waals surface area contributed by atoms with Gasteiger partial charge >= 0.3 is 0 Å². The molecule has 2 nitrogen and oxygen atoms in total. The molecule has 0 bridgehead atoms. The summed E-state index contributed by atoms with van der Waals surface area (Å²) in [6.45, 7) is 5.29. The third kappa shape index (κ3) is 4.31. The van der Waals surface area contributed by atoms with Crippen LogP contribution in [-0.4, -0.2) is 31.1 Å². The molecule has 2 fully saturated rings. The van der Waals surface area contributed by atoms with E-state index in [0.717, 1.165) is 32.6 Å². The maximum Gasteiger partial charge on any atom is 0.163 e. The van der Waals surface area contributed by atoms with Crippen LogP contribution >= 0.6 is 24.8 Å². The topological polar surface area (TPSA) is 15.3 Å². The minimum atomic E-state index is -0.682. The van der Waals surface area contributed by atoms with Crippen molar-refractivity contribution in [3.63, 3.8) is 0 Å². The third-order valence-electron chi connectivity index (χ3n) is 4.51. The van der Waals surface area contributed by atoms with E-state index in [9.17, 15) is 8.78 Å². The highest BCUT2D eigenvalue weighted by Gasteiger charge is 2.32. The Hall–Kier alpha value is -0.420. The SMILES string of the molecule is Cc1ccc([C@@H](CC2CC2)N2CCNCC2)c(F)c1F.Cl.Cl. The summed E-state index contributed by atoms with van der Waals surface area (Å²) >= 11 is 0. The molecule has 1 saturated heterocycles. The smallest absolute Gasteiger partial charge is 0.163 e. The van der Waals surface area contributed by atoms with Gasteiger partial charge in [0.25, 0.3) is 0 Å². The molecule has 1 atom stereocenters. The van der Waals surface area contributed by atoms with Crippen molar-refractivity contribution in [1.82, 2.24) is 10.2 Å². The highest BCUT2D eigenvalue weighted by molar-refractivity contribution is 5.85. The molecular weight excluding hydrogens is 329 g/mol. The van der Waals surface area contributed by atoms with Gasteiger partial charge in [-0.1, -0.05) is 25.0 Å². The van der Waals surface area contributed by atoms with Crippen LogP contribution in [0.5, 0.6) is 0 Å². The third-order valence-corrected chi connectivity index (χ3v) is 4.51. The van der Waals surface area contributed by atoms with Crippen LogP contribution in [0.15, 0.2) is 12.1 Å². The second-order valence-electron chi connectivity index (χ2n) is 6.08. The first-order chi connectivity index (χ1) is 9.66. The summed E-state index contributed by atoms with van der Waals surface area (Å²) in [5.74, 6) is -0.633. The monoisotopic (exact) mass is 352 g/mol. The van der Waals surface area contributed by atoms with E-state index in [1.165, 1.54) is 12.8 Å². The number of benzene rings is 1. The summed E-state index contributed by atoms with van der Waals surface area (Å²) < 4.78 is 28.2. The van der Waals surface area contributed by atoms with Crippen molar-refractivity contribution in [3.8, 4) is 0 Å². The van der Waals surface area contributed by atoms with Crippen molar-refractivity contribution in [2.24, 2.45) is 5.92 Å². The molecule has 1 heterocycles. The van der Waals surface area contributed by atoms with Gasteiger partial charge in [0.1, 0.15) is 0 Å². The van der Waals surface area contributed by atoms with Gasteiger partial charge in [-0.25, -0.2) is 8.78 Å². The van der Waals surface area contributed by atoms with Crippen LogP contribution in [0, 0.1) is 24.5 Å². The second-order valence-corrected chi connectivity index (χ2v) is 6.08. The summed E-state index contributed by atoms with van der Waals surface area (Å²) in [6, 6.07) is 3.51. The Labute approximate surface area is 143 Å². The zero-order chi connectivity index (χ0) is 14.1. The summed E-state index contributed by atoms with van der Waals surface area (Å²) in [4.78, 5) is 2.31. The van der Waals surface area contributed by atoms with Crippen LogP contribution in [0.25, 0.3) is 0 Å². The predicted octanol–water partition coefficient (Wildman–Crippen LogP) is 3.86. The molecule has 1 aliphatic carbocycles. The Bertz CT molecular complexity index is 489. The molecule has 6 heteroatoms. The average molecular weight is 353 g/mol. The zero-order valence-electron chi connectivity index (χ0n) is 12.8. The number of piperazine rings is 1. The number of aryl methyl sites for hydroxylation is 1. The molecule has 1 N–H and O–H groups in total. The van der Waals surface area contributed by atoms with Crippen molar-refractivity contribution in [2.45, 2.75) is 32.2 Å². The van der Waals surface area contributed by atoms with E-state index < -0.39 is 11.6 Å². The molecule has 0 amide bonds. The maximum atomic E-state index is 14.3. The average Bonchev–Trinajstić information content (AvgIpc) is 3.28. The van der Waals surface area contributed by atoms with Gasteiger partial charge in [-0.3, -0.25) is 4.90 Å². The van der Waals surface area contributed by atoms with Crippen LogP contribution in [0.1, 0.15) is 36.4 Å². The minimum absolute atomic E-state index is 0. The number of nitrogens with zero attached hydrogens (tertiary/aromatic N) is 1. The normalized spacial score (nSPS) is 20.0. The Morgan fingerprint density at radius 3 is 2.36 bits per heavy atom. The second kappa shape index (κ2) is 8.44. The fraction of sp³-hybridized carbons (Fsp3) is 0.625. The van der Waals surface area contributed by atoms with Gasteiger partial charge in [-0.15, -0.1) is 24.8 Å². The highest BCUT2D eigenvalue weighted by atomic mass is 35.5. The Morgan fingerprint density at radius 2 is 1.77 bits per heavy atom. The summed E-state index contributed by atoms with van der Waals surface area (Å²) in [6.07, 6.45) is 3.43. The van der Waals surface area contributed by atoms with Gasteiger partial charge < -0.3 is 5.32 Å². The molecule has 22 heavy (non-hydrogen) atoms. The van der Waals surface area contributed by atoms with E-state index in [0.29, 0.717) is 17.0 Å². The largest absolute Gasteiger partial charge is 0.314 e. The molecule has 0 aromatic heterocycles. The first kappa shape index (κ1) is 19.6. The van der Waals surface area contributed by atoms with Crippen molar-refractivity contribution >= 4 is 24.8 Å². The molecule has 1 aliphatic heterocycles. The Morgan fingerprint density at radius 1 is 1.14 bits per heavy atom.